The van der Waals surface area contributed by atoms with Gasteiger partial charge in [-0.3, -0.25) is 19.6 Å². The molecule has 1 aliphatic heterocycles. The Balaban J connectivity index is 2.29. The molecule has 0 aliphatic carbocycles. The SMILES string of the molecule is C=C1Nc2[nH]c(=O)[nH]c(=O)c2[C@@H](c2cccc(C(F)(F)F)c2)[C@@H]1C(=O)OC. The highest BCUT2D eigenvalue weighted by molar-refractivity contribution is 5.81. The maximum atomic E-state index is 13.1. The average molecular weight is 381 g/mol. The molecule has 1 aromatic carbocycles. The van der Waals surface area contributed by atoms with Gasteiger partial charge in [0.25, 0.3) is 5.56 Å². The molecule has 3 N–H and O–H groups in total. The molecule has 2 atom stereocenters. The van der Waals surface area contributed by atoms with Gasteiger partial charge >= 0.3 is 17.8 Å². The van der Waals surface area contributed by atoms with Crippen LogP contribution in [0, 0.1) is 5.92 Å². The molecule has 1 aromatic heterocycles. The van der Waals surface area contributed by atoms with Crippen LogP contribution in [0.25, 0.3) is 0 Å². The number of aromatic nitrogens is 2. The van der Waals surface area contributed by atoms with Gasteiger partial charge in [0.05, 0.1) is 18.2 Å². The molecule has 10 heteroatoms. The van der Waals surface area contributed by atoms with E-state index < -0.39 is 40.8 Å². The number of nitrogens with one attached hydrogen (secondary N) is 3. The summed E-state index contributed by atoms with van der Waals surface area (Å²) in [5.74, 6) is -3.12. The lowest BCUT2D eigenvalue weighted by Crippen LogP contribution is -2.40. The van der Waals surface area contributed by atoms with Crippen molar-refractivity contribution < 1.29 is 22.7 Å². The monoisotopic (exact) mass is 381 g/mol. The van der Waals surface area contributed by atoms with Crippen LogP contribution in [0.5, 0.6) is 0 Å². The van der Waals surface area contributed by atoms with Crippen molar-refractivity contribution in [2.24, 2.45) is 5.92 Å². The summed E-state index contributed by atoms with van der Waals surface area (Å²) in [6, 6.07) is 4.28. The molecule has 2 aromatic rings. The van der Waals surface area contributed by atoms with Crippen molar-refractivity contribution in [1.29, 1.82) is 0 Å². The fourth-order valence-electron chi connectivity index (χ4n) is 3.17. The molecular weight excluding hydrogens is 367 g/mol. The largest absolute Gasteiger partial charge is 0.468 e. The summed E-state index contributed by atoms with van der Waals surface area (Å²) < 4.78 is 44.1. The number of esters is 1. The van der Waals surface area contributed by atoms with E-state index in [1.165, 1.54) is 12.1 Å². The highest BCUT2D eigenvalue weighted by atomic mass is 19.4. The molecule has 0 saturated heterocycles. The summed E-state index contributed by atoms with van der Waals surface area (Å²) >= 11 is 0. The van der Waals surface area contributed by atoms with Crippen molar-refractivity contribution in [1.82, 2.24) is 9.97 Å². The number of carbonyl (C=O) groups is 1. The zero-order chi connectivity index (χ0) is 19.9. The molecule has 0 bridgehead atoms. The highest BCUT2D eigenvalue weighted by Gasteiger charge is 2.42. The fourth-order valence-corrected chi connectivity index (χ4v) is 3.17. The van der Waals surface area contributed by atoms with Crippen LogP contribution in [0.1, 0.15) is 22.6 Å². The Morgan fingerprint density at radius 1 is 1.22 bits per heavy atom. The Morgan fingerprint density at radius 3 is 2.56 bits per heavy atom. The van der Waals surface area contributed by atoms with Gasteiger partial charge in [-0.25, -0.2) is 4.79 Å². The third-order valence-electron chi connectivity index (χ3n) is 4.31. The maximum Gasteiger partial charge on any atom is 0.416 e. The predicted octanol–water partition coefficient (Wildman–Crippen LogP) is 1.94. The van der Waals surface area contributed by atoms with E-state index in [4.69, 9.17) is 4.74 Å². The molecule has 3 rings (SSSR count). The average Bonchev–Trinajstić information content (AvgIpc) is 2.59. The number of ether oxygens (including phenoxy) is 1. The van der Waals surface area contributed by atoms with E-state index in [-0.39, 0.29) is 22.6 Å². The van der Waals surface area contributed by atoms with E-state index in [9.17, 15) is 27.6 Å². The fraction of sp³-hybridized carbons (Fsp3) is 0.235. The summed E-state index contributed by atoms with van der Waals surface area (Å²) in [5.41, 5.74) is -2.52. The van der Waals surface area contributed by atoms with Gasteiger partial charge in [-0.05, 0) is 11.6 Å². The zero-order valence-electron chi connectivity index (χ0n) is 13.9. The van der Waals surface area contributed by atoms with Gasteiger partial charge in [0, 0.05) is 11.6 Å². The molecule has 1 aliphatic rings. The molecule has 7 nitrogen and oxygen atoms in total. The minimum absolute atomic E-state index is 0.0312. The van der Waals surface area contributed by atoms with Crippen LogP contribution >= 0.6 is 0 Å². The van der Waals surface area contributed by atoms with Crippen molar-refractivity contribution in [3.05, 3.63) is 74.1 Å². The number of halogens is 3. The molecule has 0 fully saturated rings. The first-order valence-corrected chi connectivity index (χ1v) is 7.70. The topological polar surface area (TPSA) is 104 Å². The number of alkyl halides is 3. The van der Waals surface area contributed by atoms with Crippen molar-refractivity contribution >= 4 is 11.8 Å². The number of fused-ring (bicyclic) bond motifs is 1. The Morgan fingerprint density at radius 2 is 1.93 bits per heavy atom. The Labute approximate surface area is 149 Å². The molecule has 142 valence electrons. The first kappa shape index (κ1) is 18.5. The summed E-state index contributed by atoms with van der Waals surface area (Å²) in [6.45, 7) is 3.70. The second-order valence-corrected chi connectivity index (χ2v) is 5.95. The molecular formula is C17H14F3N3O4. The highest BCUT2D eigenvalue weighted by Crippen LogP contribution is 2.42. The van der Waals surface area contributed by atoms with E-state index >= 15 is 0 Å². The van der Waals surface area contributed by atoms with Crippen LogP contribution in [0.2, 0.25) is 0 Å². The van der Waals surface area contributed by atoms with Crippen LogP contribution in [0.15, 0.2) is 46.1 Å². The molecule has 0 saturated carbocycles. The molecule has 0 amide bonds. The van der Waals surface area contributed by atoms with Crippen LogP contribution in [-0.4, -0.2) is 23.0 Å². The number of carbonyl (C=O) groups excluding carboxylic acids is 1. The summed E-state index contributed by atoms with van der Waals surface area (Å²) in [5, 5.41) is 2.66. The van der Waals surface area contributed by atoms with Crippen LogP contribution in [0.3, 0.4) is 0 Å². The van der Waals surface area contributed by atoms with Gasteiger partial charge in [-0.1, -0.05) is 24.8 Å². The van der Waals surface area contributed by atoms with E-state index in [1.807, 2.05) is 4.98 Å². The van der Waals surface area contributed by atoms with Gasteiger partial charge in [0.1, 0.15) is 11.7 Å². The predicted molar refractivity (Wildman–Crippen MR) is 89.2 cm³/mol. The number of aromatic amines is 2. The molecule has 0 spiro atoms. The summed E-state index contributed by atoms with van der Waals surface area (Å²) in [6.07, 6.45) is -4.61. The van der Waals surface area contributed by atoms with Gasteiger partial charge in [-0.2, -0.15) is 13.2 Å². The third-order valence-corrected chi connectivity index (χ3v) is 4.31. The molecule has 0 unspecified atom stereocenters. The molecule has 0 radical (unpaired) electrons. The summed E-state index contributed by atoms with van der Waals surface area (Å²) in [4.78, 5) is 40.6. The molecule has 2 heterocycles. The number of H-pyrrole nitrogens is 2. The third kappa shape index (κ3) is 3.25. The van der Waals surface area contributed by atoms with E-state index in [2.05, 4.69) is 16.9 Å². The van der Waals surface area contributed by atoms with Crippen molar-refractivity contribution in [3.8, 4) is 0 Å². The van der Waals surface area contributed by atoms with Crippen LogP contribution < -0.4 is 16.6 Å². The van der Waals surface area contributed by atoms with Crippen molar-refractivity contribution in [2.45, 2.75) is 12.1 Å². The van der Waals surface area contributed by atoms with Gasteiger partial charge in [0.15, 0.2) is 0 Å². The number of hydrogen-bond acceptors (Lipinski definition) is 5. The lowest BCUT2D eigenvalue weighted by Gasteiger charge is -2.33. The normalized spacial score (nSPS) is 19.2. The quantitative estimate of drug-likeness (QED) is 0.690. The Bertz CT molecular complexity index is 1040. The number of benzene rings is 1. The van der Waals surface area contributed by atoms with Crippen LogP contribution in [0.4, 0.5) is 19.0 Å². The lowest BCUT2D eigenvalue weighted by molar-refractivity contribution is -0.144. The van der Waals surface area contributed by atoms with Crippen molar-refractivity contribution in [2.75, 3.05) is 12.4 Å². The van der Waals surface area contributed by atoms with E-state index in [0.717, 1.165) is 19.2 Å². The first-order valence-electron chi connectivity index (χ1n) is 7.70. The first-order chi connectivity index (χ1) is 12.6. The van der Waals surface area contributed by atoms with Gasteiger partial charge in [0.2, 0.25) is 0 Å². The second kappa shape index (κ2) is 6.45. The summed E-state index contributed by atoms with van der Waals surface area (Å²) in [7, 11) is 1.12. The van der Waals surface area contributed by atoms with Gasteiger partial charge in [-0.15, -0.1) is 0 Å². The number of hydrogen-bond donors (Lipinski definition) is 3. The van der Waals surface area contributed by atoms with Crippen LogP contribution in [-0.2, 0) is 15.7 Å². The second-order valence-electron chi connectivity index (χ2n) is 5.95. The Hall–Kier alpha value is -3.30. The number of rotatable bonds is 2. The Kier molecular flexibility index (Phi) is 4.42. The molecule has 27 heavy (non-hydrogen) atoms. The van der Waals surface area contributed by atoms with E-state index in [1.54, 1.807) is 0 Å². The smallest absolute Gasteiger partial charge is 0.416 e. The standard InChI is InChI=1S/C17H14F3N3O4/c1-7-10(15(25)27-2)11(8-4-3-5-9(6-8)17(18,19)20)12-13(21-7)22-16(26)23-14(12)24/h3-6,10-11H,1H2,2H3,(H3,21,22,23,24,26)/t10-,11+/m1/s1. The van der Waals surface area contributed by atoms with Crippen molar-refractivity contribution in [3.63, 3.8) is 0 Å². The zero-order valence-corrected chi connectivity index (χ0v) is 13.9. The maximum absolute atomic E-state index is 13.1. The lowest BCUT2D eigenvalue weighted by atomic mass is 9.77. The number of methoxy groups -OCH3 is 1. The minimum atomic E-state index is -4.61. The van der Waals surface area contributed by atoms with Gasteiger partial charge < -0.3 is 10.1 Å². The minimum Gasteiger partial charge on any atom is -0.468 e. The van der Waals surface area contributed by atoms with E-state index in [0.29, 0.717) is 0 Å². The number of anilines is 1.